The lowest BCUT2D eigenvalue weighted by Crippen LogP contribution is -2.64. The van der Waals surface area contributed by atoms with Gasteiger partial charge in [0.05, 0.1) is 57.7 Å². The van der Waals surface area contributed by atoms with Gasteiger partial charge in [0, 0.05) is 21.7 Å². The summed E-state index contributed by atoms with van der Waals surface area (Å²) in [6.07, 6.45) is 9.87. The Bertz CT molecular complexity index is 2730. The first-order chi connectivity index (χ1) is 31.0. The van der Waals surface area contributed by atoms with Crippen LogP contribution in [0.3, 0.4) is 0 Å². The molecule has 0 bridgehead atoms. The molecule has 63 heavy (non-hydrogen) atoms. The number of hydrogen-bond acceptors (Lipinski definition) is 13. The van der Waals surface area contributed by atoms with Crippen molar-refractivity contribution >= 4 is 62.3 Å². The Morgan fingerprint density at radius 1 is 0.730 bits per heavy atom. The monoisotopic (exact) mass is 871 g/mol. The first-order valence-electron chi connectivity index (χ1n) is 22.1. The Hall–Kier alpha value is -6.12. The highest BCUT2D eigenvalue weighted by atomic mass is 32.2. The molecule has 4 aromatic carbocycles. The van der Waals surface area contributed by atoms with Crippen LogP contribution in [0.5, 0.6) is 11.5 Å². The number of aromatic nitrogens is 1. The summed E-state index contributed by atoms with van der Waals surface area (Å²) >= 11 is 3.19. The summed E-state index contributed by atoms with van der Waals surface area (Å²) in [7, 11) is 0. The van der Waals surface area contributed by atoms with Crippen LogP contribution in [0.15, 0.2) is 113 Å². The maximum atomic E-state index is 13.2. The predicted molar refractivity (Wildman–Crippen MR) is 242 cm³/mol. The molecule has 3 fully saturated rings. The normalized spacial score (nSPS) is 23.6. The molecule has 11 nitrogen and oxygen atoms in total. The van der Waals surface area contributed by atoms with E-state index in [9.17, 15) is 20.1 Å². The van der Waals surface area contributed by atoms with Crippen molar-refractivity contribution in [1.82, 2.24) is 20.8 Å². The summed E-state index contributed by atoms with van der Waals surface area (Å²) in [6, 6.07) is 35.7. The van der Waals surface area contributed by atoms with E-state index < -0.39 is 23.9 Å². The van der Waals surface area contributed by atoms with E-state index in [2.05, 4.69) is 45.1 Å². The molecule has 2 N–H and O–H groups in total. The SMILES string of the molecule is N#CC(c1nc2ccccc2s1)C1NC(c2ccc(OC(=O)C3CCCCC3)cc2)=C2C1=C(c1ccc(OC(=O)C3CCCCC3)cc1)N1NN3c4ccccc4SC3C(C#N)C21. The molecule has 0 spiro atoms. The number of para-hydroxylation sites is 2. The molecular weight excluding hydrogens is 827 g/mol. The lowest BCUT2D eigenvalue weighted by atomic mass is 9.85. The second-order valence-corrected chi connectivity index (χ2v) is 19.5. The Balaban J connectivity index is 1.05. The van der Waals surface area contributed by atoms with Crippen molar-refractivity contribution in [2.45, 2.75) is 92.5 Å². The second-order valence-electron chi connectivity index (χ2n) is 17.3. The fourth-order valence-corrected chi connectivity index (χ4v) is 12.8. The first kappa shape index (κ1) is 39.7. The van der Waals surface area contributed by atoms with Gasteiger partial charge in [-0.2, -0.15) is 10.5 Å². The van der Waals surface area contributed by atoms with Gasteiger partial charge in [-0.25, -0.2) is 4.98 Å². The van der Waals surface area contributed by atoms with Crippen LogP contribution in [0.1, 0.15) is 86.3 Å². The summed E-state index contributed by atoms with van der Waals surface area (Å²) < 4.78 is 12.9. The first-order valence-corrected chi connectivity index (χ1v) is 23.8. The highest BCUT2D eigenvalue weighted by molar-refractivity contribution is 8.00. The van der Waals surface area contributed by atoms with E-state index in [0.29, 0.717) is 16.5 Å². The average Bonchev–Trinajstić information content (AvgIpc) is 4.11. The van der Waals surface area contributed by atoms with Crippen molar-refractivity contribution in [3.05, 3.63) is 124 Å². The number of anilines is 1. The van der Waals surface area contributed by atoms with E-state index in [1.165, 1.54) is 11.3 Å². The summed E-state index contributed by atoms with van der Waals surface area (Å²) in [5, 5.41) is 31.0. The van der Waals surface area contributed by atoms with Crippen molar-refractivity contribution in [1.29, 1.82) is 10.5 Å². The number of thiazole rings is 1. The zero-order valence-corrected chi connectivity index (χ0v) is 36.2. The van der Waals surface area contributed by atoms with Gasteiger partial charge in [0.25, 0.3) is 0 Å². The number of nitrogens with one attached hydrogen (secondary N) is 2. The minimum atomic E-state index is -0.705. The Labute approximate surface area is 374 Å². The van der Waals surface area contributed by atoms with Crippen LogP contribution in [0.2, 0.25) is 0 Å². The molecule has 0 radical (unpaired) electrons. The number of rotatable bonds is 8. The van der Waals surface area contributed by atoms with Crippen LogP contribution in [-0.4, -0.2) is 39.4 Å². The van der Waals surface area contributed by atoms with Gasteiger partial charge < -0.3 is 14.8 Å². The minimum Gasteiger partial charge on any atom is -0.426 e. The molecular formula is C50H45N7O4S2. The predicted octanol–water partition coefficient (Wildman–Crippen LogP) is 9.86. The molecule has 5 atom stereocenters. The Morgan fingerprint density at radius 3 is 1.98 bits per heavy atom. The Kier molecular flexibility index (Phi) is 10.4. The number of nitriles is 2. The molecule has 1 saturated heterocycles. The van der Waals surface area contributed by atoms with Crippen LogP contribution in [0, 0.1) is 40.4 Å². The zero-order chi connectivity index (χ0) is 42.6. The number of hydrogen-bond donors (Lipinski definition) is 2. The third kappa shape index (κ3) is 7.03. The van der Waals surface area contributed by atoms with Crippen LogP contribution in [0.4, 0.5) is 5.69 Å². The number of ether oxygens (including phenoxy) is 2. The average molecular weight is 872 g/mol. The smallest absolute Gasteiger partial charge is 0.314 e. The van der Waals surface area contributed by atoms with E-state index in [1.54, 1.807) is 11.8 Å². The van der Waals surface area contributed by atoms with Gasteiger partial charge in [0.15, 0.2) is 0 Å². The number of fused-ring (bicyclic) bond motifs is 7. The summed E-state index contributed by atoms with van der Waals surface area (Å²) in [5.74, 6) is -0.816. The fourth-order valence-electron chi connectivity index (χ4n) is 10.4. The van der Waals surface area contributed by atoms with Crippen molar-refractivity contribution in [2.24, 2.45) is 17.8 Å². The summed E-state index contributed by atoms with van der Waals surface area (Å²) in [4.78, 5) is 32.5. The highest BCUT2D eigenvalue weighted by Crippen LogP contribution is 2.57. The Morgan fingerprint density at radius 2 is 1.35 bits per heavy atom. The van der Waals surface area contributed by atoms with Gasteiger partial charge in [-0.1, -0.05) is 74.6 Å². The van der Waals surface area contributed by atoms with Crippen LogP contribution in [-0.2, 0) is 9.59 Å². The number of esters is 2. The molecule has 5 heterocycles. The maximum Gasteiger partial charge on any atom is 0.314 e. The third-order valence-corrected chi connectivity index (χ3v) is 16.0. The standard InChI is InChI=1S/C50H45N7O4S2/c51-27-35(47-53-37-15-7-9-17-39(37)62-47)44-42-41(43(54-44)29-19-23-33(24-20-29)60-49(58)31-11-3-1-4-12-31)46-36(28-52)48-56(38-16-8-10-18-40(38)63-48)55-57(46)45(42)30-21-25-34(26-22-30)61-50(59)32-13-5-2-6-14-32/h7-10,15-26,31-32,35-36,44,46,48,54-55H,1-6,11-14H2. The van der Waals surface area contributed by atoms with E-state index >= 15 is 0 Å². The van der Waals surface area contributed by atoms with Crippen molar-refractivity contribution < 1.29 is 19.1 Å². The molecule has 13 heteroatoms. The highest BCUT2D eigenvalue weighted by Gasteiger charge is 2.57. The van der Waals surface area contributed by atoms with Gasteiger partial charge >= 0.3 is 11.9 Å². The lowest BCUT2D eigenvalue weighted by Gasteiger charge is -2.46. The van der Waals surface area contributed by atoms with E-state index in [1.807, 2.05) is 84.9 Å². The molecule has 6 aliphatic rings. The van der Waals surface area contributed by atoms with Crippen molar-refractivity contribution in [3.8, 4) is 23.6 Å². The van der Waals surface area contributed by atoms with Gasteiger partial charge in [-0.3, -0.25) is 19.6 Å². The molecule has 5 aromatic rings. The van der Waals surface area contributed by atoms with Gasteiger partial charge in [0.2, 0.25) is 0 Å². The van der Waals surface area contributed by atoms with Crippen LogP contribution < -0.4 is 25.3 Å². The number of thioether (sulfide) groups is 1. The number of hydrazine groups is 2. The van der Waals surface area contributed by atoms with Gasteiger partial charge in [0.1, 0.15) is 33.7 Å². The second kappa shape index (κ2) is 16.5. The van der Waals surface area contributed by atoms with Gasteiger partial charge in [-0.05, 0) is 110 Å². The van der Waals surface area contributed by atoms with Gasteiger partial charge in [-0.15, -0.1) is 16.9 Å². The molecule has 4 aliphatic heterocycles. The van der Waals surface area contributed by atoms with Crippen molar-refractivity contribution in [3.63, 3.8) is 0 Å². The lowest BCUT2D eigenvalue weighted by molar-refractivity contribution is -0.140. The number of carbonyl (C=O) groups excluding carboxylic acids is 2. The molecule has 1 aromatic heterocycles. The third-order valence-electron chi connectivity index (χ3n) is 13.5. The molecule has 2 aliphatic carbocycles. The number of carbonyl (C=O) groups is 2. The molecule has 2 saturated carbocycles. The molecule has 0 amide bonds. The fraction of sp³-hybridized carbons (Fsp3) is 0.340. The van der Waals surface area contributed by atoms with Crippen molar-refractivity contribution in [2.75, 3.05) is 5.01 Å². The maximum absolute atomic E-state index is 13.2. The van der Waals surface area contributed by atoms with E-state index in [-0.39, 0.29) is 29.1 Å². The van der Waals surface area contributed by atoms with Crippen LogP contribution in [0.25, 0.3) is 21.6 Å². The zero-order valence-electron chi connectivity index (χ0n) is 34.5. The topological polar surface area (TPSA) is 144 Å². The number of nitrogens with zero attached hydrogens (tertiary/aromatic N) is 5. The minimum absolute atomic E-state index is 0.0829. The quantitative estimate of drug-likeness (QED) is 0.113. The number of benzene rings is 4. The molecule has 316 valence electrons. The largest absolute Gasteiger partial charge is 0.426 e. The molecule has 11 rings (SSSR count). The molecule has 5 unspecified atom stereocenters. The summed E-state index contributed by atoms with van der Waals surface area (Å²) in [6.45, 7) is 0. The van der Waals surface area contributed by atoms with Crippen LogP contribution >= 0.6 is 23.1 Å². The van der Waals surface area contributed by atoms with E-state index in [4.69, 9.17) is 14.5 Å². The summed E-state index contributed by atoms with van der Waals surface area (Å²) in [5.41, 5.74) is 10.7. The van der Waals surface area contributed by atoms with E-state index in [0.717, 1.165) is 119 Å².